The molecule has 3 atom stereocenters. The Morgan fingerprint density at radius 1 is 1.12 bits per heavy atom. The third-order valence-electron chi connectivity index (χ3n) is 9.22. The summed E-state index contributed by atoms with van der Waals surface area (Å²) in [5.74, 6) is 1.19. The van der Waals surface area contributed by atoms with Gasteiger partial charge in [-0.15, -0.1) is 5.10 Å². The maximum atomic E-state index is 6.43. The van der Waals surface area contributed by atoms with Crippen LogP contribution in [0.25, 0.3) is 11.0 Å². The highest BCUT2D eigenvalue weighted by Gasteiger charge is 2.33. The van der Waals surface area contributed by atoms with Crippen molar-refractivity contribution >= 4 is 11.0 Å². The first-order valence-corrected chi connectivity index (χ1v) is 14.9. The van der Waals surface area contributed by atoms with Gasteiger partial charge in [-0.2, -0.15) is 0 Å². The lowest BCUT2D eigenvalue weighted by Crippen LogP contribution is -2.34. The van der Waals surface area contributed by atoms with Crippen LogP contribution in [-0.2, 0) is 26.4 Å². The Morgan fingerprint density at radius 3 is 2.73 bits per heavy atom. The van der Waals surface area contributed by atoms with Crippen LogP contribution in [0.5, 0.6) is 5.75 Å². The molecule has 0 saturated carbocycles. The lowest BCUT2D eigenvalue weighted by atomic mass is 9.70. The van der Waals surface area contributed by atoms with Gasteiger partial charge in [0, 0.05) is 32.3 Å². The number of fused-ring (bicyclic) bond motifs is 3. The van der Waals surface area contributed by atoms with Crippen LogP contribution in [0.4, 0.5) is 0 Å². The summed E-state index contributed by atoms with van der Waals surface area (Å²) in [4.78, 5) is 7.36. The molecule has 6 nitrogen and oxygen atoms in total. The molecule has 6 rings (SSSR count). The van der Waals surface area contributed by atoms with Crippen molar-refractivity contribution in [2.75, 3.05) is 6.54 Å². The molecule has 0 radical (unpaired) electrons. The van der Waals surface area contributed by atoms with Crippen LogP contribution in [0.2, 0.25) is 0 Å². The largest absolute Gasteiger partial charge is 0.487 e. The first-order valence-electron chi connectivity index (χ1n) is 14.9. The summed E-state index contributed by atoms with van der Waals surface area (Å²) in [6, 6.07) is 13.8. The number of benzene rings is 2. The third-order valence-corrected chi connectivity index (χ3v) is 9.22. The molecule has 2 aliphatic rings. The van der Waals surface area contributed by atoms with Crippen molar-refractivity contribution in [1.82, 2.24) is 24.9 Å². The Hall–Kier alpha value is -3.25. The first-order chi connectivity index (χ1) is 19.2. The van der Waals surface area contributed by atoms with Gasteiger partial charge in [-0.1, -0.05) is 51.1 Å². The molecule has 210 valence electrons. The Morgan fingerprint density at radius 2 is 1.95 bits per heavy atom. The topological polar surface area (TPSA) is 56.1 Å². The summed E-state index contributed by atoms with van der Waals surface area (Å²) in [6.07, 6.45) is 6.60. The maximum absolute atomic E-state index is 6.43. The molecule has 0 amide bonds. The van der Waals surface area contributed by atoms with Crippen LogP contribution in [0.3, 0.4) is 0 Å². The molecule has 0 bridgehead atoms. The fourth-order valence-corrected chi connectivity index (χ4v) is 7.10. The van der Waals surface area contributed by atoms with E-state index in [0.29, 0.717) is 0 Å². The zero-order chi connectivity index (χ0) is 28.2. The molecule has 0 saturated heterocycles. The summed E-state index contributed by atoms with van der Waals surface area (Å²) in [7, 11) is 1.97. The maximum Gasteiger partial charge on any atom is 0.142 e. The van der Waals surface area contributed by atoms with Crippen LogP contribution in [0.1, 0.15) is 98.5 Å². The van der Waals surface area contributed by atoms with Gasteiger partial charge in [-0.25, -0.2) is 4.68 Å². The van der Waals surface area contributed by atoms with E-state index in [9.17, 15) is 0 Å². The van der Waals surface area contributed by atoms with Crippen molar-refractivity contribution in [3.05, 3.63) is 81.7 Å². The van der Waals surface area contributed by atoms with Crippen molar-refractivity contribution in [2.45, 2.75) is 91.8 Å². The van der Waals surface area contributed by atoms with Crippen molar-refractivity contribution in [2.24, 2.45) is 12.5 Å². The summed E-state index contributed by atoms with van der Waals surface area (Å²) in [6.45, 7) is 15.6. The number of pyridine rings is 1. The SMILES string of the molecule is CC[C@@H]1CN(Cc2cc([C@@H](c3ccc4c(nnn4C)c3C)C(C)(C)C)cc3c2CCC3)[C@@H](C)c2ncccc2O1. The van der Waals surface area contributed by atoms with Crippen molar-refractivity contribution in [3.8, 4) is 5.75 Å². The van der Waals surface area contributed by atoms with E-state index < -0.39 is 0 Å². The van der Waals surface area contributed by atoms with Crippen LogP contribution < -0.4 is 4.74 Å². The lowest BCUT2D eigenvalue weighted by Gasteiger charge is -2.34. The number of nitrogens with zero attached hydrogens (tertiary/aromatic N) is 5. The molecule has 1 aliphatic heterocycles. The van der Waals surface area contributed by atoms with Crippen molar-refractivity contribution < 1.29 is 4.74 Å². The van der Waals surface area contributed by atoms with Gasteiger partial charge in [0.15, 0.2) is 0 Å². The number of ether oxygens (including phenoxy) is 1. The number of hydrogen-bond acceptors (Lipinski definition) is 5. The molecule has 3 heterocycles. The number of aryl methyl sites for hydroxylation is 3. The molecule has 0 N–H and O–H groups in total. The predicted octanol–water partition coefficient (Wildman–Crippen LogP) is 7.07. The summed E-state index contributed by atoms with van der Waals surface area (Å²) in [5.41, 5.74) is 11.7. The minimum absolute atomic E-state index is 0.0324. The molecule has 0 fully saturated rings. The van der Waals surface area contributed by atoms with Crippen LogP contribution in [0.15, 0.2) is 42.6 Å². The molecule has 6 heteroatoms. The van der Waals surface area contributed by atoms with E-state index >= 15 is 0 Å². The first kappa shape index (κ1) is 26.9. The Labute approximate surface area is 238 Å². The van der Waals surface area contributed by atoms with Gasteiger partial charge in [-0.3, -0.25) is 9.88 Å². The molecule has 0 unspecified atom stereocenters. The molecular formula is C34H43N5O. The highest BCUT2D eigenvalue weighted by molar-refractivity contribution is 5.79. The smallest absolute Gasteiger partial charge is 0.142 e. The van der Waals surface area contributed by atoms with E-state index in [1.165, 1.54) is 40.7 Å². The lowest BCUT2D eigenvalue weighted by molar-refractivity contribution is 0.121. The minimum atomic E-state index is 0.0324. The van der Waals surface area contributed by atoms with E-state index in [4.69, 9.17) is 9.72 Å². The highest BCUT2D eigenvalue weighted by atomic mass is 16.5. The van der Waals surface area contributed by atoms with Gasteiger partial charge in [0.2, 0.25) is 0 Å². The molecular weight excluding hydrogens is 494 g/mol. The van der Waals surface area contributed by atoms with Crippen LogP contribution in [-0.4, -0.2) is 37.5 Å². The van der Waals surface area contributed by atoms with E-state index in [0.717, 1.165) is 48.4 Å². The van der Waals surface area contributed by atoms with Crippen LogP contribution in [0, 0.1) is 12.3 Å². The van der Waals surface area contributed by atoms with E-state index in [1.807, 2.05) is 24.0 Å². The number of hydrogen-bond donors (Lipinski definition) is 0. The van der Waals surface area contributed by atoms with Gasteiger partial charge < -0.3 is 4.74 Å². The molecule has 40 heavy (non-hydrogen) atoms. The summed E-state index contributed by atoms with van der Waals surface area (Å²) < 4.78 is 8.30. The quantitative estimate of drug-likeness (QED) is 0.272. The minimum Gasteiger partial charge on any atom is -0.487 e. The average molecular weight is 538 g/mol. The monoisotopic (exact) mass is 537 g/mol. The molecule has 4 aromatic rings. The Balaban J connectivity index is 1.44. The van der Waals surface area contributed by atoms with Gasteiger partial charge in [0.05, 0.1) is 17.3 Å². The van der Waals surface area contributed by atoms with Gasteiger partial charge in [0.25, 0.3) is 0 Å². The second-order valence-corrected chi connectivity index (χ2v) is 13.0. The number of aromatic nitrogens is 4. The summed E-state index contributed by atoms with van der Waals surface area (Å²) >= 11 is 0. The fraction of sp³-hybridized carbons (Fsp3) is 0.500. The average Bonchev–Trinajstić information content (AvgIpc) is 3.52. The second-order valence-electron chi connectivity index (χ2n) is 13.0. The Kier molecular flexibility index (Phi) is 6.94. The van der Waals surface area contributed by atoms with Gasteiger partial charge in [0.1, 0.15) is 17.4 Å². The van der Waals surface area contributed by atoms with Crippen molar-refractivity contribution in [1.29, 1.82) is 0 Å². The molecule has 1 aliphatic carbocycles. The predicted molar refractivity (Wildman–Crippen MR) is 161 cm³/mol. The van der Waals surface area contributed by atoms with Crippen molar-refractivity contribution in [3.63, 3.8) is 0 Å². The zero-order valence-electron chi connectivity index (χ0n) is 25.2. The van der Waals surface area contributed by atoms with Crippen LogP contribution >= 0.6 is 0 Å². The normalized spacial score (nSPS) is 20.2. The highest BCUT2D eigenvalue weighted by Crippen LogP contribution is 2.45. The second kappa shape index (κ2) is 10.3. The molecule has 0 spiro atoms. The molecule has 2 aromatic heterocycles. The van der Waals surface area contributed by atoms with E-state index in [-0.39, 0.29) is 23.5 Å². The van der Waals surface area contributed by atoms with Gasteiger partial charge >= 0.3 is 0 Å². The van der Waals surface area contributed by atoms with E-state index in [2.05, 4.69) is 87.1 Å². The third kappa shape index (κ3) is 4.70. The number of rotatable bonds is 5. The summed E-state index contributed by atoms with van der Waals surface area (Å²) in [5, 5.41) is 8.84. The molecule has 2 aromatic carbocycles. The fourth-order valence-electron chi connectivity index (χ4n) is 7.10. The van der Waals surface area contributed by atoms with Gasteiger partial charge in [-0.05, 0) is 96.5 Å². The Bertz CT molecular complexity index is 1550. The zero-order valence-corrected chi connectivity index (χ0v) is 25.2. The standard InChI is InChI=1S/C34H43N5O/c1-8-26-20-39(22(3)33-30(40-26)13-10-16-35-33)19-25-18-24(17-23-11-9-12-28(23)25)31(34(4,5)6)27-14-15-29-32(21(27)2)36-37-38(29)7/h10,13-18,22,26,31H,8-9,11-12,19-20H2,1-7H3/t22-,26+,31-/m0/s1. The van der Waals surface area contributed by atoms with E-state index in [1.54, 1.807) is 5.56 Å².